The van der Waals surface area contributed by atoms with Crippen LogP contribution in [-0.4, -0.2) is 54.0 Å². The summed E-state index contributed by atoms with van der Waals surface area (Å²) in [6, 6.07) is 12.2. The average Bonchev–Trinajstić information content (AvgIpc) is 3.61. The van der Waals surface area contributed by atoms with Crippen LogP contribution in [0.15, 0.2) is 58.0 Å². The summed E-state index contributed by atoms with van der Waals surface area (Å²) >= 11 is 6.42. The largest absolute Gasteiger partial charge is 0.434 e. The van der Waals surface area contributed by atoms with Gasteiger partial charge in [0.1, 0.15) is 11.2 Å². The first kappa shape index (κ1) is 27.7. The zero-order valence-electron chi connectivity index (χ0n) is 24.1. The zero-order valence-corrected chi connectivity index (χ0v) is 24.9. The molecule has 1 aromatic carbocycles. The fourth-order valence-corrected chi connectivity index (χ4v) is 6.67. The predicted molar refractivity (Wildman–Crippen MR) is 163 cm³/mol. The third kappa shape index (κ3) is 5.43. The minimum absolute atomic E-state index is 0.0114. The quantitative estimate of drug-likeness (QED) is 0.262. The molecular formula is C31H33ClN8O3. The number of morpholine rings is 1. The minimum atomic E-state index is -0.685. The number of hydrogen-bond donors (Lipinski definition) is 1. The fourth-order valence-electron chi connectivity index (χ4n) is 6.50. The fraction of sp³-hybridized carbons (Fsp3) is 0.419. The van der Waals surface area contributed by atoms with Gasteiger partial charge in [-0.3, -0.25) is 4.98 Å². The van der Waals surface area contributed by atoms with Crippen LogP contribution in [0.2, 0.25) is 5.02 Å². The maximum atomic E-state index is 11.8. The number of rotatable bonds is 6. The zero-order chi connectivity index (χ0) is 29.5. The van der Waals surface area contributed by atoms with Crippen molar-refractivity contribution in [3.63, 3.8) is 0 Å². The summed E-state index contributed by atoms with van der Waals surface area (Å²) in [5.41, 5.74) is 3.73. The van der Waals surface area contributed by atoms with Crippen LogP contribution >= 0.6 is 11.6 Å². The number of aromatic nitrogens is 7. The molecule has 0 amide bonds. The van der Waals surface area contributed by atoms with Crippen LogP contribution in [-0.2, 0) is 11.3 Å². The summed E-state index contributed by atoms with van der Waals surface area (Å²) < 4.78 is 13.7. The first-order chi connectivity index (χ1) is 20.9. The first-order valence-corrected chi connectivity index (χ1v) is 15.2. The van der Waals surface area contributed by atoms with E-state index in [0.29, 0.717) is 41.0 Å². The summed E-state index contributed by atoms with van der Waals surface area (Å²) in [6.07, 6.45) is 7.95. The van der Waals surface area contributed by atoms with Crippen molar-refractivity contribution in [2.45, 2.75) is 58.2 Å². The Morgan fingerprint density at radius 2 is 1.86 bits per heavy atom. The molecule has 5 aromatic rings. The number of nitrogens with zero attached hydrogens (tertiary/aromatic N) is 7. The van der Waals surface area contributed by atoms with Crippen LogP contribution in [0.3, 0.4) is 0 Å². The van der Waals surface area contributed by atoms with E-state index < -0.39 is 5.76 Å². The number of benzene rings is 1. The SMILES string of the molecule is C[C@@H]1OCCN(c2nc3nc(-c4n[nH]c(=O)o4)nc(-c4cncc(Cl)c4)c3n2C[C@H]2CC[C@H](C)CC2)[C@@H]1c1ccccc1. The van der Waals surface area contributed by atoms with E-state index in [1.165, 1.54) is 12.8 Å². The second-order valence-corrected chi connectivity index (χ2v) is 12.1. The molecule has 1 aliphatic carbocycles. The minimum Gasteiger partial charge on any atom is -0.384 e. The first-order valence-electron chi connectivity index (χ1n) is 14.8. The summed E-state index contributed by atoms with van der Waals surface area (Å²) in [4.78, 5) is 33.4. The Morgan fingerprint density at radius 1 is 1.05 bits per heavy atom. The lowest BCUT2D eigenvalue weighted by molar-refractivity contribution is 0.0221. The van der Waals surface area contributed by atoms with Crippen molar-refractivity contribution in [2.24, 2.45) is 11.8 Å². The van der Waals surface area contributed by atoms with E-state index in [1.54, 1.807) is 12.4 Å². The van der Waals surface area contributed by atoms with E-state index in [2.05, 4.69) is 62.8 Å². The molecule has 2 atom stereocenters. The summed E-state index contributed by atoms with van der Waals surface area (Å²) in [7, 11) is 0. The van der Waals surface area contributed by atoms with Crippen LogP contribution in [0.5, 0.6) is 0 Å². The molecular weight excluding hydrogens is 568 g/mol. The number of nitrogens with one attached hydrogen (secondary N) is 1. The van der Waals surface area contributed by atoms with Gasteiger partial charge in [-0.25, -0.2) is 19.9 Å². The van der Waals surface area contributed by atoms with Crippen LogP contribution in [0.4, 0.5) is 5.95 Å². The molecule has 43 heavy (non-hydrogen) atoms. The molecule has 0 radical (unpaired) electrons. The van der Waals surface area contributed by atoms with E-state index in [9.17, 15) is 4.79 Å². The van der Waals surface area contributed by atoms with Crippen LogP contribution in [0.1, 0.15) is 51.1 Å². The Morgan fingerprint density at radius 3 is 2.60 bits per heavy atom. The van der Waals surface area contributed by atoms with Gasteiger partial charge >= 0.3 is 5.76 Å². The third-order valence-electron chi connectivity index (χ3n) is 8.66. The monoisotopic (exact) mass is 600 g/mol. The van der Waals surface area contributed by atoms with Crippen molar-refractivity contribution < 1.29 is 9.15 Å². The van der Waals surface area contributed by atoms with Gasteiger partial charge in [0.15, 0.2) is 5.65 Å². The maximum absolute atomic E-state index is 11.8. The van der Waals surface area contributed by atoms with Crippen molar-refractivity contribution >= 4 is 28.7 Å². The van der Waals surface area contributed by atoms with E-state index >= 15 is 0 Å². The van der Waals surface area contributed by atoms with Crippen LogP contribution in [0, 0.1) is 11.8 Å². The van der Waals surface area contributed by atoms with Gasteiger partial charge in [-0.15, -0.1) is 5.10 Å². The number of pyridine rings is 1. The standard InChI is InChI=1S/C31H33ClN8O3/c1-18-8-10-20(11-9-18)17-40-26-24(22-14-23(32)16-33-15-22)34-28(29-37-38-31(41)43-29)35-27(26)36-30(40)39-12-13-42-19(2)25(39)21-6-4-3-5-7-21/h3-7,14-16,18-20,25H,8-13,17H2,1-2H3,(H,38,41)/t18-,19-,20-,25-/m0/s1. The molecule has 12 heteroatoms. The van der Waals surface area contributed by atoms with Gasteiger partial charge in [0, 0.05) is 31.0 Å². The number of halogens is 1. The Kier molecular flexibility index (Phi) is 7.44. The maximum Gasteiger partial charge on any atom is 0.434 e. The number of H-pyrrole nitrogens is 1. The van der Waals surface area contributed by atoms with Gasteiger partial charge in [0.25, 0.3) is 5.89 Å². The van der Waals surface area contributed by atoms with Gasteiger partial charge in [0.05, 0.1) is 23.8 Å². The molecule has 4 aromatic heterocycles. The molecule has 0 bridgehead atoms. The smallest absolute Gasteiger partial charge is 0.384 e. The summed E-state index contributed by atoms with van der Waals surface area (Å²) in [5, 5.41) is 6.78. The molecule has 11 nitrogen and oxygen atoms in total. The van der Waals surface area contributed by atoms with Crippen LogP contribution < -0.4 is 10.7 Å². The van der Waals surface area contributed by atoms with Gasteiger partial charge in [0.2, 0.25) is 11.8 Å². The van der Waals surface area contributed by atoms with Crippen molar-refractivity contribution in [1.82, 2.24) is 34.7 Å². The van der Waals surface area contributed by atoms with Gasteiger partial charge in [-0.1, -0.05) is 61.7 Å². The van der Waals surface area contributed by atoms with Gasteiger partial charge in [-0.05, 0) is 43.2 Å². The van der Waals surface area contributed by atoms with E-state index in [-0.39, 0.29) is 23.9 Å². The second kappa shape index (κ2) is 11.5. The number of fused-ring (bicyclic) bond motifs is 1. The molecule has 1 N–H and O–H groups in total. The topological polar surface area (TPSA) is 128 Å². The molecule has 222 valence electrons. The van der Waals surface area contributed by atoms with Gasteiger partial charge < -0.3 is 18.6 Å². The molecule has 2 aliphatic rings. The van der Waals surface area contributed by atoms with Crippen molar-refractivity contribution in [1.29, 1.82) is 0 Å². The molecule has 1 saturated heterocycles. The van der Waals surface area contributed by atoms with Crippen LogP contribution in [0.25, 0.3) is 34.1 Å². The normalized spacial score (nSPS) is 22.7. The third-order valence-corrected chi connectivity index (χ3v) is 8.86. The molecule has 1 saturated carbocycles. The lowest BCUT2D eigenvalue weighted by Gasteiger charge is -2.41. The highest BCUT2D eigenvalue weighted by atomic mass is 35.5. The average molecular weight is 601 g/mol. The second-order valence-electron chi connectivity index (χ2n) is 11.7. The highest BCUT2D eigenvalue weighted by Gasteiger charge is 2.36. The Bertz CT molecular complexity index is 1790. The number of imidazole rings is 1. The Labute approximate surface area is 253 Å². The molecule has 7 rings (SSSR count). The Balaban J connectivity index is 1.46. The Hall–Kier alpha value is -4.09. The lowest BCUT2D eigenvalue weighted by Crippen LogP contribution is -2.45. The molecule has 5 heterocycles. The molecule has 0 unspecified atom stereocenters. The molecule has 1 aliphatic heterocycles. The lowest BCUT2D eigenvalue weighted by atomic mass is 9.83. The number of ether oxygens (including phenoxy) is 1. The predicted octanol–water partition coefficient (Wildman–Crippen LogP) is 5.68. The molecule has 0 spiro atoms. The van der Waals surface area contributed by atoms with Crippen molar-refractivity contribution in [3.05, 3.63) is 69.9 Å². The number of hydrogen-bond acceptors (Lipinski definition) is 9. The highest BCUT2D eigenvalue weighted by Crippen LogP contribution is 2.39. The van der Waals surface area contributed by atoms with E-state index in [0.717, 1.165) is 42.3 Å². The van der Waals surface area contributed by atoms with Crippen molar-refractivity contribution in [2.75, 3.05) is 18.1 Å². The number of aromatic amines is 1. The number of anilines is 1. The van der Waals surface area contributed by atoms with E-state index in [4.69, 9.17) is 35.7 Å². The van der Waals surface area contributed by atoms with E-state index in [1.807, 2.05) is 12.1 Å². The molecule has 2 fully saturated rings. The highest BCUT2D eigenvalue weighted by molar-refractivity contribution is 6.30. The summed E-state index contributed by atoms with van der Waals surface area (Å²) in [6.45, 7) is 6.46. The van der Waals surface area contributed by atoms with Crippen molar-refractivity contribution in [3.8, 4) is 23.0 Å². The van der Waals surface area contributed by atoms with Gasteiger partial charge in [-0.2, -0.15) is 4.98 Å². The summed E-state index contributed by atoms with van der Waals surface area (Å²) in [5.74, 6) is 1.48.